The fraction of sp³-hybridized carbons (Fsp3) is 0.933. The van der Waals surface area contributed by atoms with Gasteiger partial charge in [0.2, 0.25) is 10.0 Å². The van der Waals surface area contributed by atoms with E-state index in [-0.39, 0.29) is 5.97 Å². The highest BCUT2D eigenvalue weighted by Gasteiger charge is 2.44. The normalized spacial score (nSPS) is 23.0. The summed E-state index contributed by atoms with van der Waals surface area (Å²) < 4.78 is 32.1. The molecule has 1 aliphatic carbocycles. The minimum Gasteiger partial charge on any atom is -0.469 e. The molecule has 0 bridgehead atoms. The maximum Gasteiger partial charge on any atom is 0.310 e. The van der Waals surface area contributed by atoms with Crippen LogP contribution in [0.15, 0.2) is 0 Å². The largest absolute Gasteiger partial charge is 0.469 e. The summed E-state index contributed by atoms with van der Waals surface area (Å²) in [6.45, 7) is 7.05. The van der Waals surface area contributed by atoms with Crippen LogP contribution in [-0.4, -0.2) is 44.1 Å². The van der Waals surface area contributed by atoms with Crippen LogP contribution in [-0.2, 0) is 19.6 Å². The van der Waals surface area contributed by atoms with Crippen molar-refractivity contribution in [2.75, 3.05) is 20.2 Å². The zero-order valence-electron chi connectivity index (χ0n) is 13.7. The molecule has 0 saturated heterocycles. The van der Waals surface area contributed by atoms with Gasteiger partial charge in [0.25, 0.3) is 0 Å². The molecule has 0 aromatic rings. The molecule has 2 atom stereocenters. The van der Waals surface area contributed by atoms with Gasteiger partial charge in [0, 0.05) is 13.1 Å². The number of hydrogen-bond donors (Lipinski definition) is 0. The molecule has 0 amide bonds. The van der Waals surface area contributed by atoms with Gasteiger partial charge >= 0.3 is 5.97 Å². The highest BCUT2D eigenvalue weighted by atomic mass is 32.2. The van der Waals surface area contributed by atoms with E-state index in [4.69, 9.17) is 4.74 Å². The third-order valence-corrected chi connectivity index (χ3v) is 7.12. The van der Waals surface area contributed by atoms with Gasteiger partial charge in [-0.3, -0.25) is 4.79 Å². The van der Waals surface area contributed by atoms with E-state index in [1.54, 1.807) is 4.31 Å². The maximum atomic E-state index is 12.9. The lowest BCUT2D eigenvalue weighted by Crippen LogP contribution is -2.44. The molecule has 0 spiro atoms. The summed E-state index contributed by atoms with van der Waals surface area (Å²) in [5.74, 6) is -0.520. The summed E-state index contributed by atoms with van der Waals surface area (Å²) in [6, 6.07) is 0. The lowest BCUT2D eigenvalue weighted by molar-refractivity contribution is -0.145. The van der Waals surface area contributed by atoms with Crippen molar-refractivity contribution in [1.82, 2.24) is 4.31 Å². The van der Waals surface area contributed by atoms with Crippen LogP contribution < -0.4 is 0 Å². The average Bonchev–Trinajstić information content (AvgIpc) is 2.97. The first-order valence-electron chi connectivity index (χ1n) is 7.99. The van der Waals surface area contributed by atoms with Crippen LogP contribution in [0.4, 0.5) is 0 Å². The Labute approximate surface area is 129 Å². The first kappa shape index (κ1) is 18.4. The second-order valence-corrected chi connectivity index (χ2v) is 7.93. The zero-order valence-corrected chi connectivity index (χ0v) is 14.5. The molecule has 1 fully saturated rings. The summed E-state index contributed by atoms with van der Waals surface area (Å²) in [7, 11) is -2.11. The number of methoxy groups -OCH3 is 1. The van der Waals surface area contributed by atoms with Gasteiger partial charge in [-0.2, -0.15) is 0 Å². The molecule has 5 nitrogen and oxygen atoms in total. The van der Waals surface area contributed by atoms with Gasteiger partial charge in [-0.1, -0.05) is 40.0 Å². The van der Waals surface area contributed by atoms with Crippen LogP contribution in [0.3, 0.4) is 0 Å². The Bertz CT molecular complexity index is 431. The smallest absolute Gasteiger partial charge is 0.310 e. The third-order valence-electron chi connectivity index (χ3n) is 4.67. The van der Waals surface area contributed by atoms with Crippen LogP contribution in [0.5, 0.6) is 0 Å². The summed E-state index contributed by atoms with van der Waals surface area (Å²) in [5, 5.41) is -0.612. The van der Waals surface area contributed by atoms with Crippen molar-refractivity contribution in [2.24, 2.45) is 11.8 Å². The van der Waals surface area contributed by atoms with E-state index < -0.39 is 21.2 Å². The van der Waals surface area contributed by atoms with E-state index in [9.17, 15) is 13.2 Å². The molecule has 0 aliphatic heterocycles. The van der Waals surface area contributed by atoms with Crippen molar-refractivity contribution in [3.8, 4) is 0 Å². The molecule has 2 unspecified atom stereocenters. The summed E-state index contributed by atoms with van der Waals surface area (Å²) in [6.07, 6.45) is 3.87. The number of esters is 1. The summed E-state index contributed by atoms with van der Waals surface area (Å²) >= 11 is 0. The number of carbonyl (C=O) groups is 1. The van der Waals surface area contributed by atoms with E-state index in [0.717, 1.165) is 19.3 Å². The Morgan fingerprint density at radius 2 is 1.86 bits per heavy atom. The predicted molar refractivity (Wildman–Crippen MR) is 83.4 cm³/mol. The molecular weight excluding hydrogens is 290 g/mol. The summed E-state index contributed by atoms with van der Waals surface area (Å²) in [5.41, 5.74) is 0. The van der Waals surface area contributed by atoms with Gasteiger partial charge < -0.3 is 4.74 Å². The Morgan fingerprint density at radius 1 is 1.24 bits per heavy atom. The van der Waals surface area contributed by atoms with E-state index in [2.05, 4.69) is 13.8 Å². The molecule has 0 aromatic heterocycles. The van der Waals surface area contributed by atoms with Crippen molar-refractivity contribution >= 4 is 16.0 Å². The predicted octanol–water partition coefficient (Wildman–Crippen LogP) is 2.42. The Hall–Kier alpha value is -0.620. The lowest BCUT2D eigenvalue weighted by Gasteiger charge is -2.29. The molecule has 0 aromatic carbocycles. The van der Waals surface area contributed by atoms with Gasteiger partial charge in [0.05, 0.1) is 18.3 Å². The summed E-state index contributed by atoms with van der Waals surface area (Å²) in [4.78, 5) is 11.8. The van der Waals surface area contributed by atoms with E-state index in [0.29, 0.717) is 31.8 Å². The van der Waals surface area contributed by atoms with Crippen LogP contribution in [0.2, 0.25) is 0 Å². The van der Waals surface area contributed by atoms with Crippen LogP contribution >= 0.6 is 0 Å². The van der Waals surface area contributed by atoms with Crippen molar-refractivity contribution in [2.45, 2.75) is 58.1 Å². The van der Waals surface area contributed by atoms with Crippen molar-refractivity contribution in [3.63, 3.8) is 0 Å². The van der Waals surface area contributed by atoms with E-state index in [1.165, 1.54) is 7.11 Å². The highest BCUT2D eigenvalue weighted by Crippen LogP contribution is 2.34. The number of hydrogen-bond acceptors (Lipinski definition) is 4. The molecule has 0 radical (unpaired) electrons. The number of sulfonamides is 1. The molecule has 1 rings (SSSR count). The van der Waals surface area contributed by atoms with Crippen molar-refractivity contribution in [3.05, 3.63) is 0 Å². The number of nitrogens with zero attached hydrogens (tertiary/aromatic N) is 1. The molecule has 21 heavy (non-hydrogen) atoms. The molecular formula is C15H29NO4S. The number of ether oxygens (including phenoxy) is 1. The van der Waals surface area contributed by atoms with Gasteiger partial charge in [-0.15, -0.1) is 0 Å². The van der Waals surface area contributed by atoms with Crippen LogP contribution in [0, 0.1) is 11.8 Å². The lowest BCUT2D eigenvalue weighted by atomic mass is 10.0. The topological polar surface area (TPSA) is 63.7 Å². The standard InChI is InChI=1S/C15H29NO4S/c1-5-12(6-2)11-16(7-3)21(18,19)14-10-8-9-13(14)15(17)20-4/h12-14H,5-11H2,1-4H3. The van der Waals surface area contributed by atoms with Crippen LogP contribution in [0.1, 0.15) is 52.9 Å². The average molecular weight is 319 g/mol. The minimum atomic E-state index is -3.44. The fourth-order valence-corrected chi connectivity index (χ4v) is 5.43. The zero-order chi connectivity index (χ0) is 16.0. The van der Waals surface area contributed by atoms with Crippen molar-refractivity contribution < 1.29 is 17.9 Å². The van der Waals surface area contributed by atoms with Gasteiger partial charge in [0.15, 0.2) is 0 Å². The first-order valence-corrected chi connectivity index (χ1v) is 9.49. The van der Waals surface area contributed by atoms with E-state index in [1.807, 2.05) is 6.92 Å². The molecule has 6 heteroatoms. The maximum absolute atomic E-state index is 12.9. The highest BCUT2D eigenvalue weighted by molar-refractivity contribution is 7.89. The molecule has 124 valence electrons. The Balaban J connectivity index is 2.93. The second kappa shape index (κ2) is 8.13. The van der Waals surface area contributed by atoms with Crippen LogP contribution in [0.25, 0.3) is 0 Å². The van der Waals surface area contributed by atoms with Gasteiger partial charge in [0.1, 0.15) is 0 Å². The van der Waals surface area contributed by atoms with Crippen molar-refractivity contribution in [1.29, 1.82) is 0 Å². The first-order chi connectivity index (χ1) is 9.92. The quantitative estimate of drug-likeness (QED) is 0.645. The molecule has 1 saturated carbocycles. The second-order valence-electron chi connectivity index (χ2n) is 5.78. The minimum absolute atomic E-state index is 0.373. The van der Waals surface area contributed by atoms with Gasteiger partial charge in [-0.25, -0.2) is 12.7 Å². The number of rotatable bonds is 8. The third kappa shape index (κ3) is 4.19. The van der Waals surface area contributed by atoms with Gasteiger partial charge in [-0.05, 0) is 18.8 Å². The molecule has 0 N–H and O–H groups in total. The van der Waals surface area contributed by atoms with E-state index >= 15 is 0 Å². The Morgan fingerprint density at radius 3 is 2.33 bits per heavy atom. The molecule has 1 aliphatic rings. The number of carbonyl (C=O) groups excluding carboxylic acids is 1. The fourth-order valence-electron chi connectivity index (χ4n) is 3.14. The SMILES string of the molecule is CCC(CC)CN(CC)S(=O)(=O)C1CCCC1C(=O)OC. The Kier molecular flexibility index (Phi) is 7.13. The monoisotopic (exact) mass is 319 g/mol. The molecule has 0 heterocycles.